The van der Waals surface area contributed by atoms with Crippen molar-refractivity contribution in [3.05, 3.63) is 109 Å². The van der Waals surface area contributed by atoms with Crippen molar-refractivity contribution >= 4 is 28.8 Å². The molecule has 0 bridgehead atoms. The van der Waals surface area contributed by atoms with Crippen LogP contribution in [0.15, 0.2) is 114 Å². The zero-order chi connectivity index (χ0) is 19.2. The van der Waals surface area contributed by atoms with E-state index in [-0.39, 0.29) is 0 Å². The molecule has 0 fully saturated rings. The van der Waals surface area contributed by atoms with Crippen LogP contribution < -0.4 is 4.90 Å². The summed E-state index contributed by atoms with van der Waals surface area (Å²) < 4.78 is 0. The summed E-state index contributed by atoms with van der Waals surface area (Å²) in [7, 11) is 0. The van der Waals surface area contributed by atoms with Gasteiger partial charge in [0.1, 0.15) is 0 Å². The molecule has 0 aliphatic rings. The molecule has 0 saturated carbocycles. The van der Waals surface area contributed by atoms with Crippen molar-refractivity contribution in [1.29, 1.82) is 0 Å². The van der Waals surface area contributed by atoms with E-state index in [2.05, 4.69) is 58.4 Å². The highest BCUT2D eigenvalue weighted by molar-refractivity contribution is 5.80. The Bertz CT molecular complexity index is 1060. The van der Waals surface area contributed by atoms with Crippen molar-refractivity contribution in [2.45, 2.75) is 0 Å². The molecule has 28 heavy (non-hydrogen) atoms. The number of hydrogen-bond donors (Lipinski definition) is 0. The molecule has 0 spiro atoms. The minimum absolute atomic E-state index is 0.602. The van der Waals surface area contributed by atoms with Crippen LogP contribution >= 0.6 is 0 Å². The third-order valence-corrected chi connectivity index (χ3v) is 4.51. The van der Waals surface area contributed by atoms with Crippen molar-refractivity contribution < 1.29 is 4.79 Å². The molecule has 4 aromatic rings. The van der Waals surface area contributed by atoms with Crippen molar-refractivity contribution in [3.8, 4) is 11.1 Å². The van der Waals surface area contributed by atoms with E-state index in [0.717, 1.165) is 28.2 Å². The van der Waals surface area contributed by atoms with Gasteiger partial charge >= 0.3 is 0 Å². The molecule has 0 radical (unpaired) electrons. The fourth-order valence-electron chi connectivity index (χ4n) is 3.21. The molecule has 3 nitrogen and oxygen atoms in total. The summed E-state index contributed by atoms with van der Waals surface area (Å²) in [5.74, 6) is 0. The third kappa shape index (κ3) is 3.75. The lowest BCUT2D eigenvalue weighted by Gasteiger charge is -2.25. The topological polar surface area (TPSA) is 32.7 Å². The van der Waals surface area contributed by atoms with E-state index in [1.807, 2.05) is 60.7 Å². The van der Waals surface area contributed by atoms with Crippen LogP contribution in [0.4, 0.5) is 22.7 Å². The molecule has 3 heteroatoms. The lowest BCUT2D eigenvalue weighted by Crippen LogP contribution is -2.09. The van der Waals surface area contributed by atoms with E-state index in [4.69, 9.17) is 0 Å². The summed E-state index contributed by atoms with van der Waals surface area (Å²) in [6.07, 6.45) is 1.57. The second kappa shape index (κ2) is 8.17. The number of aliphatic imine (C=N–C) groups is 1. The van der Waals surface area contributed by atoms with Gasteiger partial charge < -0.3 is 4.90 Å². The predicted octanol–water partition coefficient (Wildman–Crippen LogP) is 6.79. The normalized spacial score (nSPS) is 10.1. The summed E-state index contributed by atoms with van der Waals surface area (Å²) in [6, 6.07) is 36.6. The Hall–Kier alpha value is -3.94. The van der Waals surface area contributed by atoms with Gasteiger partial charge in [-0.05, 0) is 59.7 Å². The maximum Gasteiger partial charge on any atom is 0.240 e. The predicted molar refractivity (Wildman–Crippen MR) is 114 cm³/mol. The van der Waals surface area contributed by atoms with E-state index in [9.17, 15) is 4.79 Å². The minimum atomic E-state index is 0.602. The second-order valence-electron chi connectivity index (χ2n) is 6.31. The first kappa shape index (κ1) is 17.5. The lowest BCUT2D eigenvalue weighted by molar-refractivity contribution is 0.565. The number of nitrogens with zero attached hydrogens (tertiary/aromatic N) is 2. The Morgan fingerprint density at radius 3 is 1.71 bits per heavy atom. The molecule has 0 saturated heterocycles. The molecule has 0 aromatic heterocycles. The van der Waals surface area contributed by atoms with Crippen molar-refractivity contribution in [1.82, 2.24) is 0 Å². The van der Waals surface area contributed by atoms with Crippen LogP contribution in [-0.2, 0) is 4.79 Å². The van der Waals surface area contributed by atoms with Crippen molar-refractivity contribution in [3.63, 3.8) is 0 Å². The SMILES string of the molecule is O=C=Nc1ccc(-c2cccc(N(c3ccccc3)c3ccccc3)c2)cc1. The maximum atomic E-state index is 10.4. The smallest absolute Gasteiger partial charge is 0.240 e. The van der Waals surface area contributed by atoms with Gasteiger partial charge in [-0.15, -0.1) is 0 Å². The number of carbonyl (C=O) groups excluding carboxylic acids is 1. The molecule has 0 amide bonds. The lowest BCUT2D eigenvalue weighted by atomic mass is 10.0. The summed E-state index contributed by atoms with van der Waals surface area (Å²) in [5, 5.41) is 0. The van der Waals surface area contributed by atoms with Crippen LogP contribution in [0.25, 0.3) is 11.1 Å². The van der Waals surface area contributed by atoms with Gasteiger partial charge in [-0.1, -0.05) is 60.7 Å². The average Bonchev–Trinajstić information content (AvgIpc) is 2.77. The zero-order valence-electron chi connectivity index (χ0n) is 15.2. The fourth-order valence-corrected chi connectivity index (χ4v) is 3.21. The van der Waals surface area contributed by atoms with Gasteiger partial charge in [0, 0.05) is 17.1 Å². The highest BCUT2D eigenvalue weighted by Crippen LogP contribution is 2.36. The molecule has 0 atom stereocenters. The largest absolute Gasteiger partial charge is 0.310 e. The van der Waals surface area contributed by atoms with Crippen LogP contribution in [0.5, 0.6) is 0 Å². The van der Waals surface area contributed by atoms with Gasteiger partial charge in [0.15, 0.2) is 0 Å². The van der Waals surface area contributed by atoms with Gasteiger partial charge in [-0.2, -0.15) is 4.99 Å². The van der Waals surface area contributed by atoms with E-state index in [1.54, 1.807) is 6.08 Å². The zero-order valence-corrected chi connectivity index (χ0v) is 15.2. The highest BCUT2D eigenvalue weighted by Gasteiger charge is 2.12. The summed E-state index contributed by atoms with van der Waals surface area (Å²) in [5.41, 5.74) is 6.03. The number of hydrogen-bond acceptors (Lipinski definition) is 3. The molecular weight excluding hydrogens is 344 g/mol. The molecule has 0 aliphatic carbocycles. The molecule has 0 N–H and O–H groups in total. The fraction of sp³-hybridized carbons (Fsp3) is 0. The van der Waals surface area contributed by atoms with Crippen LogP contribution in [0, 0.1) is 0 Å². The first-order chi connectivity index (χ1) is 13.8. The Balaban J connectivity index is 1.78. The Kier molecular flexibility index (Phi) is 5.10. The van der Waals surface area contributed by atoms with Crippen molar-refractivity contribution in [2.75, 3.05) is 4.90 Å². The van der Waals surface area contributed by atoms with Gasteiger partial charge in [0.2, 0.25) is 6.08 Å². The van der Waals surface area contributed by atoms with Gasteiger partial charge in [0.05, 0.1) is 5.69 Å². The van der Waals surface area contributed by atoms with Crippen molar-refractivity contribution in [2.24, 2.45) is 4.99 Å². The van der Waals surface area contributed by atoms with E-state index in [0.29, 0.717) is 5.69 Å². The van der Waals surface area contributed by atoms with E-state index < -0.39 is 0 Å². The third-order valence-electron chi connectivity index (χ3n) is 4.51. The van der Waals surface area contributed by atoms with Gasteiger partial charge in [-0.3, -0.25) is 0 Å². The second-order valence-corrected chi connectivity index (χ2v) is 6.31. The van der Waals surface area contributed by atoms with Crippen LogP contribution in [-0.4, -0.2) is 6.08 Å². The Morgan fingerprint density at radius 1 is 0.571 bits per heavy atom. The number of anilines is 3. The Labute approximate surface area is 164 Å². The molecule has 0 aliphatic heterocycles. The molecule has 0 unspecified atom stereocenters. The van der Waals surface area contributed by atoms with E-state index >= 15 is 0 Å². The van der Waals surface area contributed by atoms with E-state index in [1.165, 1.54) is 0 Å². The number of rotatable bonds is 5. The van der Waals surface area contributed by atoms with Gasteiger partial charge in [0.25, 0.3) is 0 Å². The number of para-hydroxylation sites is 2. The average molecular weight is 362 g/mol. The monoisotopic (exact) mass is 362 g/mol. The van der Waals surface area contributed by atoms with Crippen LogP contribution in [0.2, 0.25) is 0 Å². The quantitative estimate of drug-likeness (QED) is 0.289. The first-order valence-electron chi connectivity index (χ1n) is 9.04. The Morgan fingerprint density at radius 2 is 1.14 bits per heavy atom. The maximum absolute atomic E-state index is 10.4. The molecule has 134 valence electrons. The molecule has 4 rings (SSSR count). The summed E-state index contributed by atoms with van der Waals surface area (Å²) in [4.78, 5) is 16.3. The molecular formula is C25H18N2O. The van der Waals surface area contributed by atoms with Gasteiger partial charge in [-0.25, -0.2) is 4.79 Å². The standard InChI is InChI=1S/C25H18N2O/c28-19-26-22-16-14-20(15-17-22)21-8-7-13-25(18-21)27(23-9-3-1-4-10-23)24-11-5-2-6-12-24/h1-18H. The van der Waals surface area contributed by atoms with Crippen LogP contribution in [0.1, 0.15) is 0 Å². The first-order valence-corrected chi connectivity index (χ1v) is 9.04. The number of benzene rings is 4. The van der Waals surface area contributed by atoms with Crippen LogP contribution in [0.3, 0.4) is 0 Å². The molecule has 0 heterocycles. The number of isocyanates is 1. The minimum Gasteiger partial charge on any atom is -0.310 e. The highest BCUT2D eigenvalue weighted by atomic mass is 16.1. The summed E-state index contributed by atoms with van der Waals surface area (Å²) >= 11 is 0. The summed E-state index contributed by atoms with van der Waals surface area (Å²) in [6.45, 7) is 0. The molecule has 4 aromatic carbocycles.